The molecule has 138 valence electrons. The summed E-state index contributed by atoms with van der Waals surface area (Å²) in [5, 5.41) is 5.29. The number of carbonyl (C=O) groups is 3. The fraction of sp³-hybridized carbons (Fsp3) is 0.438. The second kappa shape index (κ2) is 10.1. The fourth-order valence-corrected chi connectivity index (χ4v) is 2.04. The summed E-state index contributed by atoms with van der Waals surface area (Å²) in [5.41, 5.74) is 0. The first-order valence-corrected chi connectivity index (χ1v) is 8.37. The van der Waals surface area contributed by atoms with Crippen molar-refractivity contribution >= 4 is 41.1 Å². The molecule has 0 saturated carbocycles. The number of hydrogen-bond donors (Lipinski definition) is 2. The fourth-order valence-electron chi connectivity index (χ4n) is 1.59. The van der Waals surface area contributed by atoms with Crippen LogP contribution in [-0.4, -0.2) is 36.7 Å². The van der Waals surface area contributed by atoms with Gasteiger partial charge in [0.25, 0.3) is 5.91 Å². The number of esters is 1. The Morgan fingerprint density at radius 3 is 2.48 bits per heavy atom. The highest BCUT2D eigenvalue weighted by molar-refractivity contribution is 6.35. The van der Waals surface area contributed by atoms with Crippen LogP contribution in [0.5, 0.6) is 5.75 Å². The lowest BCUT2D eigenvalue weighted by atomic mass is 10.3. The highest BCUT2D eigenvalue weighted by atomic mass is 35.5. The minimum absolute atomic E-state index is 0.0760. The van der Waals surface area contributed by atoms with Crippen LogP contribution in [0.15, 0.2) is 18.2 Å². The van der Waals surface area contributed by atoms with Crippen molar-refractivity contribution < 1.29 is 23.9 Å². The second-order valence-corrected chi connectivity index (χ2v) is 6.12. The molecule has 0 aliphatic rings. The van der Waals surface area contributed by atoms with E-state index < -0.39 is 30.6 Å². The Bertz CT molecular complexity index is 639. The van der Waals surface area contributed by atoms with Crippen molar-refractivity contribution in [1.82, 2.24) is 10.6 Å². The van der Waals surface area contributed by atoms with E-state index >= 15 is 0 Å². The standard InChI is InChI=1S/C16H20Cl2N2O5/c1-4-9(2)19-16(23)20-14(21)8-24-15(22)10(3)25-13-6-5-11(17)7-12(13)18/h5-7,9-10H,4,8H2,1-3H3,(H2,19,20,21,23)/t9-,10-/m1/s1. The number of urea groups is 1. The molecule has 0 saturated heterocycles. The summed E-state index contributed by atoms with van der Waals surface area (Å²) < 4.78 is 10.2. The molecule has 0 aliphatic carbocycles. The van der Waals surface area contributed by atoms with Gasteiger partial charge in [-0.05, 0) is 38.5 Å². The molecule has 1 aromatic carbocycles. The highest BCUT2D eigenvalue weighted by Gasteiger charge is 2.20. The molecule has 0 radical (unpaired) electrons. The SMILES string of the molecule is CC[C@@H](C)NC(=O)NC(=O)COC(=O)[C@@H](C)Oc1ccc(Cl)cc1Cl. The van der Waals surface area contributed by atoms with Gasteiger partial charge >= 0.3 is 12.0 Å². The molecule has 3 amide bonds. The summed E-state index contributed by atoms with van der Waals surface area (Å²) >= 11 is 11.7. The highest BCUT2D eigenvalue weighted by Crippen LogP contribution is 2.28. The molecule has 2 atom stereocenters. The van der Waals surface area contributed by atoms with Crippen LogP contribution in [0.1, 0.15) is 27.2 Å². The van der Waals surface area contributed by atoms with Gasteiger partial charge in [-0.1, -0.05) is 30.1 Å². The van der Waals surface area contributed by atoms with Crippen molar-refractivity contribution in [3.8, 4) is 5.75 Å². The van der Waals surface area contributed by atoms with Gasteiger partial charge in [-0.25, -0.2) is 9.59 Å². The smallest absolute Gasteiger partial charge is 0.347 e. The number of carbonyl (C=O) groups excluding carboxylic acids is 3. The maximum absolute atomic E-state index is 11.8. The Labute approximate surface area is 155 Å². The number of halogens is 2. The van der Waals surface area contributed by atoms with Crippen LogP contribution < -0.4 is 15.4 Å². The van der Waals surface area contributed by atoms with Gasteiger partial charge in [-0.2, -0.15) is 0 Å². The summed E-state index contributed by atoms with van der Waals surface area (Å²) in [6.07, 6.45) is -0.279. The van der Waals surface area contributed by atoms with Crippen molar-refractivity contribution in [2.24, 2.45) is 0 Å². The van der Waals surface area contributed by atoms with Gasteiger partial charge in [-0.3, -0.25) is 10.1 Å². The maximum Gasteiger partial charge on any atom is 0.347 e. The first-order chi connectivity index (χ1) is 11.7. The van der Waals surface area contributed by atoms with Gasteiger partial charge in [0, 0.05) is 11.1 Å². The molecule has 1 aromatic rings. The van der Waals surface area contributed by atoms with Gasteiger partial charge in [0.1, 0.15) is 5.75 Å². The molecule has 0 fully saturated rings. The molecule has 7 nitrogen and oxygen atoms in total. The molecule has 0 spiro atoms. The lowest BCUT2D eigenvalue weighted by molar-refractivity contribution is -0.154. The molecule has 0 unspecified atom stereocenters. The Hall–Kier alpha value is -1.99. The summed E-state index contributed by atoms with van der Waals surface area (Å²) in [4.78, 5) is 34.9. The van der Waals surface area contributed by atoms with Crippen LogP contribution in [-0.2, 0) is 14.3 Å². The van der Waals surface area contributed by atoms with Crippen LogP contribution in [0.4, 0.5) is 4.79 Å². The van der Waals surface area contributed by atoms with E-state index in [1.54, 1.807) is 13.0 Å². The zero-order chi connectivity index (χ0) is 19.0. The lowest BCUT2D eigenvalue weighted by Crippen LogP contribution is -2.45. The largest absolute Gasteiger partial charge is 0.477 e. The Morgan fingerprint density at radius 1 is 1.20 bits per heavy atom. The maximum atomic E-state index is 11.8. The predicted octanol–water partition coefficient (Wildman–Crippen LogP) is 2.93. The molecule has 0 bridgehead atoms. The number of imide groups is 1. The van der Waals surface area contributed by atoms with Gasteiger partial charge in [0.15, 0.2) is 12.7 Å². The van der Waals surface area contributed by atoms with Gasteiger partial charge in [0.2, 0.25) is 0 Å². The van der Waals surface area contributed by atoms with Crippen LogP contribution in [0.3, 0.4) is 0 Å². The van der Waals surface area contributed by atoms with E-state index in [-0.39, 0.29) is 16.8 Å². The molecular formula is C16H20Cl2N2O5. The number of ether oxygens (including phenoxy) is 2. The third kappa shape index (κ3) is 7.62. The van der Waals surface area contributed by atoms with E-state index in [9.17, 15) is 14.4 Å². The van der Waals surface area contributed by atoms with Gasteiger partial charge in [-0.15, -0.1) is 0 Å². The molecule has 25 heavy (non-hydrogen) atoms. The Balaban J connectivity index is 2.42. The zero-order valence-electron chi connectivity index (χ0n) is 14.1. The van der Waals surface area contributed by atoms with Crippen LogP contribution in [0.25, 0.3) is 0 Å². The van der Waals surface area contributed by atoms with Crippen LogP contribution in [0, 0.1) is 0 Å². The van der Waals surface area contributed by atoms with Crippen LogP contribution in [0.2, 0.25) is 10.0 Å². The summed E-state index contributed by atoms with van der Waals surface area (Å²) in [5.74, 6) is -1.26. The van der Waals surface area contributed by atoms with E-state index in [4.69, 9.17) is 32.7 Å². The van der Waals surface area contributed by atoms with Crippen molar-refractivity contribution in [2.45, 2.75) is 39.3 Å². The minimum Gasteiger partial charge on any atom is -0.477 e. The first kappa shape index (κ1) is 21.1. The van der Waals surface area contributed by atoms with Crippen molar-refractivity contribution in [3.05, 3.63) is 28.2 Å². The number of nitrogens with one attached hydrogen (secondary N) is 2. The minimum atomic E-state index is -1.000. The lowest BCUT2D eigenvalue weighted by Gasteiger charge is -2.15. The van der Waals surface area contributed by atoms with Crippen molar-refractivity contribution in [1.29, 1.82) is 0 Å². The average molecular weight is 391 g/mol. The van der Waals surface area contributed by atoms with Crippen molar-refractivity contribution in [2.75, 3.05) is 6.61 Å². The quantitative estimate of drug-likeness (QED) is 0.697. The normalized spacial score (nSPS) is 12.7. The molecule has 0 aliphatic heterocycles. The second-order valence-electron chi connectivity index (χ2n) is 5.27. The molecule has 0 heterocycles. The van der Waals surface area contributed by atoms with Gasteiger partial charge < -0.3 is 14.8 Å². The summed E-state index contributed by atoms with van der Waals surface area (Å²) in [7, 11) is 0. The van der Waals surface area contributed by atoms with Crippen LogP contribution >= 0.6 is 23.2 Å². The van der Waals surface area contributed by atoms with E-state index in [1.807, 2.05) is 6.92 Å². The number of benzene rings is 1. The Morgan fingerprint density at radius 2 is 1.88 bits per heavy atom. The van der Waals surface area contributed by atoms with Crippen molar-refractivity contribution in [3.63, 3.8) is 0 Å². The number of rotatable bonds is 7. The van der Waals surface area contributed by atoms with E-state index in [0.717, 1.165) is 6.42 Å². The summed E-state index contributed by atoms with van der Waals surface area (Å²) in [6, 6.07) is 3.82. The monoisotopic (exact) mass is 390 g/mol. The number of hydrogen-bond acceptors (Lipinski definition) is 5. The molecular weight excluding hydrogens is 371 g/mol. The molecule has 2 N–H and O–H groups in total. The van der Waals surface area contributed by atoms with E-state index in [2.05, 4.69) is 10.6 Å². The Kier molecular flexibility index (Phi) is 8.51. The number of amides is 3. The molecule has 0 aromatic heterocycles. The zero-order valence-corrected chi connectivity index (χ0v) is 15.6. The van der Waals surface area contributed by atoms with Gasteiger partial charge in [0.05, 0.1) is 5.02 Å². The average Bonchev–Trinajstić information content (AvgIpc) is 2.54. The predicted molar refractivity (Wildman–Crippen MR) is 93.9 cm³/mol. The first-order valence-electron chi connectivity index (χ1n) is 7.61. The van der Waals surface area contributed by atoms with E-state index in [1.165, 1.54) is 19.1 Å². The molecule has 9 heteroatoms. The summed E-state index contributed by atoms with van der Waals surface area (Å²) in [6.45, 7) is 4.53. The van der Waals surface area contributed by atoms with E-state index in [0.29, 0.717) is 5.02 Å². The molecule has 1 rings (SSSR count). The third-order valence-corrected chi connectivity index (χ3v) is 3.65. The third-order valence-electron chi connectivity index (χ3n) is 3.12. The topological polar surface area (TPSA) is 93.7 Å².